The van der Waals surface area contributed by atoms with E-state index in [1.54, 1.807) is 4.90 Å². The molecule has 6 heteroatoms. The van der Waals surface area contributed by atoms with Gasteiger partial charge in [-0.1, -0.05) is 80.9 Å². The van der Waals surface area contributed by atoms with Gasteiger partial charge in [0.1, 0.15) is 6.54 Å². The molecule has 1 saturated heterocycles. The van der Waals surface area contributed by atoms with E-state index < -0.39 is 11.6 Å². The first-order valence-electron chi connectivity index (χ1n) is 11.5. The van der Waals surface area contributed by atoms with Crippen LogP contribution in [0.2, 0.25) is 0 Å². The molecule has 170 valence electrons. The summed E-state index contributed by atoms with van der Waals surface area (Å²) in [5.74, 6) is -0.578. The first kappa shape index (κ1) is 23.5. The molecule has 4 amide bonds. The van der Waals surface area contributed by atoms with Crippen molar-refractivity contribution in [3.63, 3.8) is 0 Å². The summed E-state index contributed by atoms with van der Waals surface area (Å²) in [4.78, 5) is 42.8. The lowest BCUT2D eigenvalue weighted by Gasteiger charge is -2.30. The highest BCUT2D eigenvalue weighted by atomic mass is 16.2. The topological polar surface area (TPSA) is 69.7 Å². The van der Waals surface area contributed by atoms with Crippen molar-refractivity contribution in [2.45, 2.75) is 58.0 Å². The number of carbonyl (C=O) groups is 3. The SMILES string of the molecule is CCCCN(C(=O)CN1C(=O)N[C@](Cc2ccccc2)(c2ccccc2)C1=O)[C@@H](C)CC. The second-order valence-corrected chi connectivity index (χ2v) is 8.45. The molecule has 32 heavy (non-hydrogen) atoms. The number of nitrogens with zero attached hydrogens (tertiary/aromatic N) is 2. The van der Waals surface area contributed by atoms with Gasteiger partial charge in [0.05, 0.1) is 0 Å². The Morgan fingerprint density at radius 3 is 2.25 bits per heavy atom. The van der Waals surface area contributed by atoms with Crippen molar-refractivity contribution < 1.29 is 14.4 Å². The van der Waals surface area contributed by atoms with E-state index in [4.69, 9.17) is 0 Å². The molecular formula is C26H33N3O3. The van der Waals surface area contributed by atoms with Crippen LogP contribution < -0.4 is 5.32 Å². The summed E-state index contributed by atoms with van der Waals surface area (Å²) in [6.45, 7) is 6.49. The standard InChI is InChI=1S/C26H33N3O3/c1-4-6-17-28(20(3)5-2)23(30)19-29-24(31)26(27-25(29)32,22-15-11-8-12-16-22)18-21-13-9-7-10-14-21/h7-16,20H,4-6,17-19H2,1-3H3,(H,27,32)/t20-,26+/m0/s1. The molecule has 0 unspecified atom stereocenters. The predicted molar refractivity (Wildman–Crippen MR) is 125 cm³/mol. The van der Waals surface area contributed by atoms with Gasteiger partial charge in [0.25, 0.3) is 5.91 Å². The number of nitrogens with one attached hydrogen (secondary N) is 1. The summed E-state index contributed by atoms with van der Waals surface area (Å²) in [5, 5.41) is 2.93. The van der Waals surface area contributed by atoms with Crippen LogP contribution in [0.1, 0.15) is 51.2 Å². The normalized spacial score (nSPS) is 19.0. The average Bonchev–Trinajstić information content (AvgIpc) is 3.05. The molecule has 1 N–H and O–H groups in total. The van der Waals surface area contributed by atoms with E-state index in [1.807, 2.05) is 74.5 Å². The van der Waals surface area contributed by atoms with Gasteiger partial charge in [-0.15, -0.1) is 0 Å². The molecule has 2 aromatic rings. The summed E-state index contributed by atoms with van der Waals surface area (Å²) in [6, 6.07) is 18.4. The van der Waals surface area contributed by atoms with E-state index >= 15 is 0 Å². The summed E-state index contributed by atoms with van der Waals surface area (Å²) < 4.78 is 0. The third-order valence-electron chi connectivity index (χ3n) is 6.24. The van der Waals surface area contributed by atoms with Gasteiger partial charge in [-0.3, -0.25) is 14.5 Å². The largest absolute Gasteiger partial charge is 0.338 e. The van der Waals surface area contributed by atoms with Gasteiger partial charge < -0.3 is 10.2 Å². The maximum Gasteiger partial charge on any atom is 0.325 e. The Morgan fingerprint density at radius 1 is 1.03 bits per heavy atom. The number of hydrogen-bond acceptors (Lipinski definition) is 3. The molecule has 0 bridgehead atoms. The van der Waals surface area contributed by atoms with Gasteiger partial charge in [0.2, 0.25) is 5.91 Å². The van der Waals surface area contributed by atoms with Gasteiger partial charge in [-0.05, 0) is 30.9 Å². The van der Waals surface area contributed by atoms with Crippen LogP contribution in [0.5, 0.6) is 0 Å². The fraction of sp³-hybridized carbons (Fsp3) is 0.423. The van der Waals surface area contributed by atoms with Crippen molar-refractivity contribution in [1.82, 2.24) is 15.1 Å². The summed E-state index contributed by atoms with van der Waals surface area (Å²) in [6.07, 6.45) is 2.99. The molecular weight excluding hydrogens is 402 g/mol. The number of imide groups is 1. The van der Waals surface area contributed by atoms with Crippen molar-refractivity contribution >= 4 is 17.8 Å². The lowest BCUT2D eigenvalue weighted by Crippen LogP contribution is -2.48. The number of hydrogen-bond donors (Lipinski definition) is 1. The molecule has 0 aromatic heterocycles. The van der Waals surface area contributed by atoms with Crippen LogP contribution in [-0.2, 0) is 21.5 Å². The first-order chi connectivity index (χ1) is 15.4. The second-order valence-electron chi connectivity index (χ2n) is 8.45. The fourth-order valence-electron chi connectivity index (χ4n) is 4.18. The number of amides is 4. The van der Waals surface area contributed by atoms with E-state index in [0.717, 1.165) is 29.7 Å². The Morgan fingerprint density at radius 2 is 1.66 bits per heavy atom. The van der Waals surface area contributed by atoms with E-state index in [9.17, 15) is 14.4 Å². The summed E-state index contributed by atoms with van der Waals surface area (Å²) >= 11 is 0. The van der Waals surface area contributed by atoms with Crippen LogP contribution in [0.3, 0.4) is 0 Å². The fourth-order valence-corrected chi connectivity index (χ4v) is 4.18. The third-order valence-corrected chi connectivity index (χ3v) is 6.24. The highest BCUT2D eigenvalue weighted by Gasteiger charge is 2.53. The highest BCUT2D eigenvalue weighted by Crippen LogP contribution is 2.33. The van der Waals surface area contributed by atoms with E-state index in [0.29, 0.717) is 18.5 Å². The maximum absolute atomic E-state index is 13.7. The molecule has 6 nitrogen and oxygen atoms in total. The van der Waals surface area contributed by atoms with Crippen LogP contribution >= 0.6 is 0 Å². The van der Waals surface area contributed by atoms with Crippen LogP contribution in [0.4, 0.5) is 4.79 Å². The van der Waals surface area contributed by atoms with Crippen molar-refractivity contribution in [1.29, 1.82) is 0 Å². The Balaban J connectivity index is 1.90. The number of urea groups is 1. The molecule has 2 atom stereocenters. The van der Waals surface area contributed by atoms with Crippen LogP contribution in [0.15, 0.2) is 60.7 Å². The lowest BCUT2D eigenvalue weighted by atomic mass is 9.83. The zero-order chi connectivity index (χ0) is 23.1. The van der Waals surface area contributed by atoms with Gasteiger partial charge >= 0.3 is 6.03 Å². The highest BCUT2D eigenvalue weighted by molar-refractivity contribution is 6.09. The van der Waals surface area contributed by atoms with Gasteiger partial charge in [0, 0.05) is 19.0 Å². The van der Waals surface area contributed by atoms with Crippen molar-refractivity contribution in [2.24, 2.45) is 0 Å². The molecule has 1 aliphatic heterocycles. The quantitative estimate of drug-likeness (QED) is 0.571. The van der Waals surface area contributed by atoms with Gasteiger partial charge in [-0.25, -0.2) is 4.79 Å². The first-order valence-corrected chi connectivity index (χ1v) is 11.5. The molecule has 0 saturated carbocycles. The number of carbonyl (C=O) groups excluding carboxylic acids is 3. The van der Waals surface area contributed by atoms with Crippen LogP contribution in [-0.4, -0.2) is 46.8 Å². The zero-order valence-electron chi connectivity index (χ0n) is 19.2. The third kappa shape index (κ3) is 4.85. The number of unbranched alkanes of at least 4 members (excludes halogenated alkanes) is 1. The van der Waals surface area contributed by atoms with Crippen LogP contribution in [0.25, 0.3) is 0 Å². The Hall–Kier alpha value is -3.15. The van der Waals surface area contributed by atoms with Crippen molar-refractivity contribution in [2.75, 3.05) is 13.1 Å². The van der Waals surface area contributed by atoms with Crippen LogP contribution in [0, 0.1) is 0 Å². The average molecular weight is 436 g/mol. The Kier molecular flexibility index (Phi) is 7.67. The minimum atomic E-state index is -1.23. The van der Waals surface area contributed by atoms with Crippen molar-refractivity contribution in [3.05, 3.63) is 71.8 Å². The Labute approximate surface area is 190 Å². The molecule has 0 spiro atoms. The molecule has 0 aliphatic carbocycles. The molecule has 1 aliphatic rings. The summed E-state index contributed by atoms with van der Waals surface area (Å²) in [5.41, 5.74) is 0.411. The van der Waals surface area contributed by atoms with Crippen molar-refractivity contribution in [3.8, 4) is 0 Å². The molecule has 3 rings (SSSR count). The molecule has 1 heterocycles. The minimum Gasteiger partial charge on any atom is -0.338 e. The predicted octanol–water partition coefficient (Wildman–Crippen LogP) is 4.10. The minimum absolute atomic E-state index is 0.0537. The van der Waals surface area contributed by atoms with E-state index in [1.165, 1.54) is 0 Å². The monoisotopic (exact) mass is 435 g/mol. The van der Waals surface area contributed by atoms with Gasteiger partial charge in [-0.2, -0.15) is 0 Å². The second kappa shape index (κ2) is 10.4. The maximum atomic E-state index is 13.7. The summed E-state index contributed by atoms with van der Waals surface area (Å²) in [7, 11) is 0. The smallest absolute Gasteiger partial charge is 0.325 e. The molecule has 2 aromatic carbocycles. The lowest BCUT2D eigenvalue weighted by molar-refractivity contribution is -0.140. The zero-order valence-corrected chi connectivity index (χ0v) is 19.2. The number of benzene rings is 2. The van der Waals surface area contributed by atoms with E-state index in [-0.39, 0.29) is 24.4 Å². The Bertz CT molecular complexity index is 932. The molecule has 1 fully saturated rings. The van der Waals surface area contributed by atoms with Gasteiger partial charge in [0.15, 0.2) is 5.54 Å². The van der Waals surface area contributed by atoms with E-state index in [2.05, 4.69) is 12.2 Å². The number of rotatable bonds is 10. The molecule has 0 radical (unpaired) electrons.